The maximum Gasteiger partial charge on any atom is 0.324 e. The Balaban J connectivity index is 1.32. The Labute approximate surface area is 261 Å². The third-order valence-electron chi connectivity index (χ3n) is 7.92. The summed E-state index contributed by atoms with van der Waals surface area (Å²) in [6, 6.07) is 11.1. The summed E-state index contributed by atoms with van der Waals surface area (Å²) in [7, 11) is -3.22. The van der Waals surface area contributed by atoms with Gasteiger partial charge in [-0.25, -0.2) is 17.6 Å². The van der Waals surface area contributed by atoms with E-state index < -0.39 is 34.0 Å². The lowest BCUT2D eigenvalue weighted by Gasteiger charge is -2.38. The zero-order valence-electron chi connectivity index (χ0n) is 25.8. The normalized spacial score (nSPS) is 18.0. The van der Waals surface area contributed by atoms with Crippen molar-refractivity contribution in [3.05, 3.63) is 65.3 Å². The van der Waals surface area contributed by atoms with Gasteiger partial charge in [-0.05, 0) is 35.2 Å². The minimum absolute atomic E-state index is 0.0436. The van der Waals surface area contributed by atoms with Crippen molar-refractivity contribution in [2.24, 2.45) is 5.41 Å². The van der Waals surface area contributed by atoms with Crippen molar-refractivity contribution in [2.45, 2.75) is 40.3 Å². The second-order valence-electron chi connectivity index (χ2n) is 12.8. The van der Waals surface area contributed by atoms with E-state index in [9.17, 15) is 22.0 Å². The molecule has 0 saturated carbocycles. The number of urea groups is 1. The van der Waals surface area contributed by atoms with Crippen LogP contribution in [0.3, 0.4) is 0 Å². The largest absolute Gasteiger partial charge is 0.415 e. The van der Waals surface area contributed by atoms with Crippen LogP contribution >= 0.6 is 0 Å². The quantitative estimate of drug-likeness (QED) is 0.342. The van der Waals surface area contributed by atoms with Crippen LogP contribution in [0.1, 0.15) is 44.2 Å². The van der Waals surface area contributed by atoms with Gasteiger partial charge in [0.1, 0.15) is 5.82 Å². The Morgan fingerprint density at radius 3 is 2.18 bits per heavy atom. The van der Waals surface area contributed by atoms with E-state index in [0.29, 0.717) is 5.69 Å². The number of halogens is 3. The van der Waals surface area contributed by atoms with E-state index >= 15 is 4.39 Å². The van der Waals surface area contributed by atoms with Crippen LogP contribution in [0.4, 0.5) is 23.7 Å². The number of rotatable bonds is 8. The number of sulfone groups is 1. The lowest BCUT2D eigenvalue weighted by molar-refractivity contribution is 0.0983. The average molecular weight is 649 g/mol. The first-order valence-electron chi connectivity index (χ1n) is 15.0. The van der Waals surface area contributed by atoms with Crippen LogP contribution in [-0.4, -0.2) is 96.7 Å². The number of amides is 2. The predicted octanol–water partition coefficient (Wildman–Crippen LogP) is 4.83. The molecule has 3 aromatic rings. The Hall–Kier alpha value is -3.49. The topological polar surface area (TPSA) is 103 Å². The monoisotopic (exact) mass is 648 g/mol. The molecule has 2 saturated heterocycles. The van der Waals surface area contributed by atoms with Crippen molar-refractivity contribution < 1.29 is 30.8 Å². The Morgan fingerprint density at radius 1 is 0.956 bits per heavy atom. The summed E-state index contributed by atoms with van der Waals surface area (Å²) in [6.45, 7) is 12.4. The first kappa shape index (κ1) is 32.9. The summed E-state index contributed by atoms with van der Waals surface area (Å²) in [4.78, 5) is 21.5. The number of aromatic nitrogens is 2. The Kier molecular flexibility index (Phi) is 9.85. The van der Waals surface area contributed by atoms with Crippen LogP contribution in [0.25, 0.3) is 11.5 Å². The van der Waals surface area contributed by atoms with Crippen molar-refractivity contribution in [1.82, 2.24) is 24.9 Å². The van der Waals surface area contributed by atoms with Crippen molar-refractivity contribution >= 4 is 21.6 Å². The molecule has 0 unspecified atom stereocenters. The van der Waals surface area contributed by atoms with Crippen LogP contribution in [0.2, 0.25) is 0 Å². The summed E-state index contributed by atoms with van der Waals surface area (Å²) >= 11 is 0. The third kappa shape index (κ3) is 8.61. The molecule has 0 spiro atoms. The number of carbonyl (C=O) groups excluding carboxylic acids is 1. The van der Waals surface area contributed by atoms with Gasteiger partial charge in [0, 0.05) is 69.2 Å². The number of nitrogens with zero attached hydrogens (tertiary/aromatic N) is 6. The Bertz CT molecular complexity index is 1570. The van der Waals surface area contributed by atoms with Crippen LogP contribution in [0.15, 0.2) is 46.9 Å². The number of hydrogen-bond acceptors (Lipinski definition) is 8. The van der Waals surface area contributed by atoms with Gasteiger partial charge in [-0.1, -0.05) is 39.0 Å². The highest BCUT2D eigenvalue weighted by Crippen LogP contribution is 2.27. The van der Waals surface area contributed by atoms with Crippen molar-refractivity contribution in [3.8, 4) is 11.5 Å². The SMILES string of the molecule is CC(C)(C)CN1CCN(Cc2ccc(N(Cc3ccc(-c4nnc(C(F)F)o4)cc3F)C(=O)N3CCS(=O)(=O)CC3)cc2)CC1. The number of alkyl halides is 2. The first-order valence-corrected chi connectivity index (χ1v) is 16.8. The average Bonchev–Trinajstić information content (AvgIpc) is 3.48. The van der Waals surface area contributed by atoms with E-state index in [1.165, 1.54) is 21.9 Å². The molecule has 14 heteroatoms. The second kappa shape index (κ2) is 13.5. The maximum atomic E-state index is 15.3. The number of benzene rings is 2. The third-order valence-corrected chi connectivity index (χ3v) is 9.53. The van der Waals surface area contributed by atoms with Gasteiger partial charge in [0.05, 0.1) is 18.1 Å². The fraction of sp³-hybridized carbons (Fsp3) is 0.516. The molecule has 0 atom stereocenters. The van der Waals surface area contributed by atoms with Crippen LogP contribution in [0, 0.1) is 11.2 Å². The molecule has 2 amide bonds. The molecule has 244 valence electrons. The van der Waals surface area contributed by atoms with Crippen LogP contribution in [0.5, 0.6) is 0 Å². The lowest BCUT2D eigenvalue weighted by Crippen LogP contribution is -2.49. The van der Waals surface area contributed by atoms with Crippen molar-refractivity contribution in [2.75, 3.05) is 62.2 Å². The number of piperazine rings is 1. The summed E-state index contributed by atoms with van der Waals surface area (Å²) in [5.74, 6) is -2.07. The highest BCUT2D eigenvalue weighted by Gasteiger charge is 2.30. The molecule has 0 N–H and O–H groups in total. The zero-order valence-corrected chi connectivity index (χ0v) is 26.6. The second-order valence-corrected chi connectivity index (χ2v) is 15.1. The molecule has 2 aromatic carbocycles. The summed E-state index contributed by atoms with van der Waals surface area (Å²) < 4.78 is 70.0. The van der Waals surface area contributed by atoms with Gasteiger partial charge < -0.3 is 14.2 Å². The molecule has 45 heavy (non-hydrogen) atoms. The van der Waals surface area contributed by atoms with Gasteiger partial charge >= 0.3 is 12.5 Å². The molecule has 3 heterocycles. The minimum Gasteiger partial charge on any atom is -0.415 e. The van der Waals surface area contributed by atoms with Crippen molar-refractivity contribution in [3.63, 3.8) is 0 Å². The summed E-state index contributed by atoms with van der Waals surface area (Å²) in [5, 5.41) is 6.85. The van der Waals surface area contributed by atoms with E-state index in [0.717, 1.165) is 50.9 Å². The van der Waals surface area contributed by atoms with E-state index in [-0.39, 0.29) is 53.6 Å². The molecule has 10 nitrogen and oxygen atoms in total. The molecule has 0 radical (unpaired) electrons. The highest BCUT2D eigenvalue weighted by atomic mass is 32.2. The van der Waals surface area contributed by atoms with Crippen LogP contribution < -0.4 is 4.90 Å². The zero-order chi connectivity index (χ0) is 32.4. The first-order chi connectivity index (χ1) is 21.3. The molecule has 1 aromatic heterocycles. The number of anilines is 1. The van der Waals surface area contributed by atoms with Crippen LogP contribution in [-0.2, 0) is 22.9 Å². The molecule has 5 rings (SSSR count). The molecule has 2 aliphatic heterocycles. The number of hydrogen-bond donors (Lipinski definition) is 0. The molecule has 2 aliphatic rings. The molecule has 2 fully saturated rings. The van der Waals surface area contributed by atoms with Gasteiger partial charge in [0.25, 0.3) is 5.89 Å². The predicted molar refractivity (Wildman–Crippen MR) is 164 cm³/mol. The molecular formula is C31H39F3N6O4S. The fourth-order valence-corrected chi connectivity index (χ4v) is 6.78. The van der Waals surface area contributed by atoms with Gasteiger partial charge in [-0.3, -0.25) is 9.80 Å². The van der Waals surface area contributed by atoms with E-state index in [2.05, 4.69) is 40.8 Å². The Morgan fingerprint density at radius 2 is 1.60 bits per heavy atom. The fourth-order valence-electron chi connectivity index (χ4n) is 5.58. The van der Waals surface area contributed by atoms with E-state index in [1.54, 1.807) is 0 Å². The van der Waals surface area contributed by atoms with Gasteiger partial charge in [-0.2, -0.15) is 8.78 Å². The molecule has 0 aliphatic carbocycles. The molecular weight excluding hydrogens is 609 g/mol. The van der Waals surface area contributed by atoms with Crippen molar-refractivity contribution in [1.29, 1.82) is 0 Å². The molecule has 0 bridgehead atoms. The van der Waals surface area contributed by atoms with Gasteiger partial charge in [0.15, 0.2) is 9.84 Å². The lowest BCUT2D eigenvalue weighted by atomic mass is 9.96. The summed E-state index contributed by atoms with van der Waals surface area (Å²) in [6.07, 6.45) is -2.95. The standard InChI is InChI=1S/C31H39F3N6O4S/c1-31(2,3)21-38-12-10-37(11-13-38)19-22-4-8-25(9-5-22)40(30(41)39-14-16-45(42,43)17-15-39)20-24-7-6-23(18-26(24)32)28-35-36-29(44-28)27(33)34/h4-9,18,27H,10-17,19-21H2,1-3H3. The van der Waals surface area contributed by atoms with Gasteiger partial charge in [-0.15, -0.1) is 10.2 Å². The van der Waals surface area contributed by atoms with E-state index in [4.69, 9.17) is 4.42 Å². The summed E-state index contributed by atoms with van der Waals surface area (Å²) in [5.41, 5.74) is 2.16. The minimum atomic E-state index is -3.22. The number of carbonyl (C=O) groups is 1. The smallest absolute Gasteiger partial charge is 0.324 e. The highest BCUT2D eigenvalue weighted by molar-refractivity contribution is 7.91. The van der Waals surface area contributed by atoms with E-state index in [1.807, 2.05) is 24.3 Å². The van der Waals surface area contributed by atoms with Gasteiger partial charge in [0.2, 0.25) is 5.89 Å². The maximum absolute atomic E-state index is 15.3.